The van der Waals surface area contributed by atoms with Crippen LogP contribution in [0.3, 0.4) is 0 Å². The van der Waals surface area contributed by atoms with Crippen molar-refractivity contribution in [2.75, 3.05) is 21.3 Å². The van der Waals surface area contributed by atoms with Crippen LogP contribution in [0.25, 0.3) is 6.08 Å². The molecule has 0 atom stereocenters. The average Bonchev–Trinajstić information content (AvgIpc) is 2.34. The van der Waals surface area contributed by atoms with Crippen molar-refractivity contribution in [3.8, 4) is 23.3 Å². The van der Waals surface area contributed by atoms with Crippen LogP contribution in [-0.4, -0.2) is 21.3 Å². The van der Waals surface area contributed by atoms with Crippen molar-refractivity contribution in [2.24, 2.45) is 0 Å². The van der Waals surface area contributed by atoms with Gasteiger partial charge in [0.2, 0.25) is 5.75 Å². The number of rotatable bonds is 4. The van der Waals surface area contributed by atoms with Gasteiger partial charge in [-0.05, 0) is 23.8 Å². The lowest BCUT2D eigenvalue weighted by molar-refractivity contribution is 0.324. The molecule has 4 nitrogen and oxygen atoms in total. The Hall–Kier alpha value is -2.15. The fraction of sp³-hybridized carbons (Fsp3) is 0.250. The molecule has 0 fully saturated rings. The second kappa shape index (κ2) is 5.66. The molecule has 0 aliphatic heterocycles. The molecule has 0 radical (unpaired) electrons. The Morgan fingerprint density at radius 1 is 1.06 bits per heavy atom. The van der Waals surface area contributed by atoms with E-state index in [1.165, 1.54) is 6.08 Å². The number of nitrogens with zero attached hydrogens (tertiary/aromatic N) is 1. The van der Waals surface area contributed by atoms with E-state index in [-0.39, 0.29) is 0 Å². The van der Waals surface area contributed by atoms with E-state index >= 15 is 0 Å². The van der Waals surface area contributed by atoms with E-state index in [4.69, 9.17) is 19.5 Å². The van der Waals surface area contributed by atoms with Crippen LogP contribution in [0.4, 0.5) is 0 Å². The molecule has 0 aliphatic rings. The minimum absolute atomic E-state index is 0.541. The SMILES string of the molecule is COc1cc(/C=C\C#N)cc(OC)c1OC. The molecule has 0 amide bonds. The molecule has 4 heteroatoms. The zero-order valence-electron chi connectivity index (χ0n) is 9.48. The van der Waals surface area contributed by atoms with Crippen molar-refractivity contribution in [3.05, 3.63) is 23.8 Å². The molecule has 0 unspecified atom stereocenters. The highest BCUT2D eigenvalue weighted by atomic mass is 16.5. The minimum Gasteiger partial charge on any atom is -0.493 e. The van der Waals surface area contributed by atoms with Gasteiger partial charge in [0.1, 0.15) is 0 Å². The molecular weight excluding hydrogens is 206 g/mol. The average molecular weight is 219 g/mol. The van der Waals surface area contributed by atoms with Gasteiger partial charge >= 0.3 is 0 Å². The zero-order chi connectivity index (χ0) is 12.0. The lowest BCUT2D eigenvalue weighted by Crippen LogP contribution is -1.95. The summed E-state index contributed by atoms with van der Waals surface area (Å²) in [6, 6.07) is 5.47. The number of allylic oxidation sites excluding steroid dienone is 1. The van der Waals surface area contributed by atoms with Crippen LogP contribution in [-0.2, 0) is 0 Å². The molecule has 1 aromatic rings. The van der Waals surface area contributed by atoms with Gasteiger partial charge in [0, 0.05) is 6.08 Å². The van der Waals surface area contributed by atoms with Crippen molar-refractivity contribution in [1.82, 2.24) is 0 Å². The third-order valence-corrected chi connectivity index (χ3v) is 2.04. The molecule has 0 saturated heterocycles. The van der Waals surface area contributed by atoms with Crippen LogP contribution in [0.5, 0.6) is 17.2 Å². The number of ether oxygens (including phenoxy) is 3. The van der Waals surface area contributed by atoms with Gasteiger partial charge in [0.25, 0.3) is 0 Å². The van der Waals surface area contributed by atoms with Crippen molar-refractivity contribution in [3.63, 3.8) is 0 Å². The van der Waals surface area contributed by atoms with Gasteiger partial charge in [-0.25, -0.2) is 0 Å². The largest absolute Gasteiger partial charge is 0.493 e. The minimum atomic E-state index is 0.541. The van der Waals surface area contributed by atoms with Crippen molar-refractivity contribution in [2.45, 2.75) is 0 Å². The molecule has 0 aliphatic carbocycles. The van der Waals surface area contributed by atoms with Crippen LogP contribution >= 0.6 is 0 Å². The molecule has 0 aromatic heterocycles. The Kier molecular flexibility index (Phi) is 4.22. The molecule has 0 spiro atoms. The quantitative estimate of drug-likeness (QED) is 0.729. The van der Waals surface area contributed by atoms with Crippen molar-refractivity contribution >= 4 is 6.08 Å². The molecular formula is C12H13NO3. The first-order chi connectivity index (χ1) is 7.76. The molecule has 1 rings (SSSR count). The topological polar surface area (TPSA) is 51.5 Å². The van der Waals surface area contributed by atoms with Gasteiger partial charge in [-0.2, -0.15) is 5.26 Å². The summed E-state index contributed by atoms with van der Waals surface area (Å²) in [6.07, 6.45) is 3.06. The second-order valence-corrected chi connectivity index (χ2v) is 2.92. The first-order valence-electron chi connectivity index (χ1n) is 4.63. The predicted octanol–water partition coefficient (Wildman–Crippen LogP) is 2.25. The van der Waals surface area contributed by atoms with Gasteiger partial charge in [-0.3, -0.25) is 0 Å². The monoisotopic (exact) mass is 219 g/mol. The Bertz CT molecular complexity index is 407. The molecule has 0 saturated carbocycles. The van der Waals surface area contributed by atoms with Gasteiger partial charge in [0.05, 0.1) is 27.4 Å². The number of methoxy groups -OCH3 is 3. The first kappa shape index (κ1) is 11.9. The Balaban J connectivity index is 3.26. The molecule has 1 aromatic carbocycles. The summed E-state index contributed by atoms with van der Waals surface area (Å²) in [6.45, 7) is 0. The molecule has 0 heterocycles. The number of nitriles is 1. The molecule has 84 valence electrons. The number of hydrogen-bond acceptors (Lipinski definition) is 4. The van der Waals surface area contributed by atoms with Crippen LogP contribution in [0.2, 0.25) is 0 Å². The van der Waals surface area contributed by atoms with E-state index in [9.17, 15) is 0 Å². The van der Waals surface area contributed by atoms with E-state index in [1.54, 1.807) is 39.5 Å². The Labute approximate surface area is 94.7 Å². The first-order valence-corrected chi connectivity index (χ1v) is 4.63. The van der Waals surface area contributed by atoms with Gasteiger partial charge in [-0.1, -0.05) is 0 Å². The Morgan fingerprint density at radius 3 is 2.00 bits per heavy atom. The van der Waals surface area contributed by atoms with Crippen LogP contribution in [0.15, 0.2) is 18.2 Å². The number of benzene rings is 1. The summed E-state index contributed by atoms with van der Waals surface area (Å²) in [5.74, 6) is 1.68. The molecule has 0 N–H and O–H groups in total. The highest BCUT2D eigenvalue weighted by molar-refractivity contribution is 5.62. The predicted molar refractivity (Wildman–Crippen MR) is 60.7 cm³/mol. The van der Waals surface area contributed by atoms with Gasteiger partial charge < -0.3 is 14.2 Å². The summed E-state index contributed by atoms with van der Waals surface area (Å²) in [5.41, 5.74) is 0.816. The maximum absolute atomic E-state index is 8.46. The standard InChI is InChI=1S/C12H13NO3/c1-14-10-7-9(5-4-6-13)8-11(15-2)12(10)16-3/h4-5,7-8H,1-3H3/b5-4-. The van der Waals surface area contributed by atoms with Gasteiger partial charge in [-0.15, -0.1) is 0 Å². The summed E-state index contributed by atoms with van der Waals surface area (Å²) >= 11 is 0. The summed E-state index contributed by atoms with van der Waals surface area (Å²) in [5, 5.41) is 8.46. The second-order valence-electron chi connectivity index (χ2n) is 2.92. The van der Waals surface area contributed by atoms with Crippen molar-refractivity contribution in [1.29, 1.82) is 5.26 Å². The van der Waals surface area contributed by atoms with Crippen molar-refractivity contribution < 1.29 is 14.2 Å². The lowest BCUT2D eigenvalue weighted by atomic mass is 10.1. The van der Waals surface area contributed by atoms with E-state index in [0.717, 1.165) is 5.56 Å². The summed E-state index contributed by atoms with van der Waals surface area (Å²) < 4.78 is 15.5. The lowest BCUT2D eigenvalue weighted by Gasteiger charge is -2.12. The van der Waals surface area contributed by atoms with E-state index in [2.05, 4.69) is 0 Å². The zero-order valence-corrected chi connectivity index (χ0v) is 9.48. The molecule has 0 bridgehead atoms. The third-order valence-electron chi connectivity index (χ3n) is 2.04. The van der Waals surface area contributed by atoms with E-state index < -0.39 is 0 Å². The van der Waals surface area contributed by atoms with Crippen LogP contribution in [0.1, 0.15) is 5.56 Å². The fourth-order valence-corrected chi connectivity index (χ4v) is 1.33. The van der Waals surface area contributed by atoms with Gasteiger partial charge in [0.15, 0.2) is 11.5 Å². The molecule has 16 heavy (non-hydrogen) atoms. The summed E-state index contributed by atoms with van der Waals surface area (Å²) in [4.78, 5) is 0. The maximum atomic E-state index is 8.46. The third kappa shape index (κ3) is 2.45. The summed E-state index contributed by atoms with van der Waals surface area (Å²) in [7, 11) is 4.65. The smallest absolute Gasteiger partial charge is 0.203 e. The fourth-order valence-electron chi connectivity index (χ4n) is 1.33. The van der Waals surface area contributed by atoms with E-state index in [0.29, 0.717) is 17.2 Å². The number of hydrogen-bond donors (Lipinski definition) is 0. The van der Waals surface area contributed by atoms with Crippen LogP contribution < -0.4 is 14.2 Å². The van der Waals surface area contributed by atoms with E-state index in [1.807, 2.05) is 6.07 Å². The normalized spacial score (nSPS) is 9.88. The van der Waals surface area contributed by atoms with Crippen LogP contribution in [0, 0.1) is 11.3 Å². The highest BCUT2D eigenvalue weighted by Crippen LogP contribution is 2.38. The highest BCUT2D eigenvalue weighted by Gasteiger charge is 2.11. The maximum Gasteiger partial charge on any atom is 0.203 e. The Morgan fingerprint density at radius 2 is 1.62 bits per heavy atom.